The summed E-state index contributed by atoms with van der Waals surface area (Å²) in [5.41, 5.74) is 0. The zero-order valence-electron chi connectivity index (χ0n) is 13.7. The van der Waals surface area contributed by atoms with Gasteiger partial charge in [0.1, 0.15) is 0 Å². The Morgan fingerprint density at radius 1 is 0.905 bits per heavy atom. The van der Waals surface area contributed by atoms with Crippen LogP contribution in [0.4, 0.5) is 0 Å². The normalized spacial score (nSPS) is 30.6. The third-order valence-electron chi connectivity index (χ3n) is 5.82. The molecule has 0 amide bonds. The molecule has 122 valence electrons. The van der Waals surface area contributed by atoms with Gasteiger partial charge in [-0.1, -0.05) is 38.5 Å². The van der Waals surface area contributed by atoms with Gasteiger partial charge in [0, 0.05) is 32.2 Å². The van der Waals surface area contributed by atoms with E-state index in [1.54, 1.807) is 0 Å². The SMILES string of the molecule is C1CCC(OCCN2CCNC(C3CCCCC3)C2)CC1. The molecule has 1 atom stereocenters. The van der Waals surface area contributed by atoms with Gasteiger partial charge in [-0.05, 0) is 31.6 Å². The van der Waals surface area contributed by atoms with Gasteiger partial charge in [0.15, 0.2) is 0 Å². The first-order chi connectivity index (χ1) is 10.4. The Morgan fingerprint density at radius 2 is 1.62 bits per heavy atom. The molecule has 0 radical (unpaired) electrons. The summed E-state index contributed by atoms with van der Waals surface area (Å²) in [4.78, 5) is 2.64. The van der Waals surface area contributed by atoms with Crippen molar-refractivity contribution in [2.45, 2.75) is 76.4 Å². The molecule has 1 aliphatic heterocycles. The van der Waals surface area contributed by atoms with Crippen molar-refractivity contribution in [1.29, 1.82) is 0 Å². The van der Waals surface area contributed by atoms with Crippen molar-refractivity contribution in [3.05, 3.63) is 0 Å². The van der Waals surface area contributed by atoms with Crippen LogP contribution in [0.15, 0.2) is 0 Å². The molecule has 0 aromatic heterocycles. The van der Waals surface area contributed by atoms with E-state index in [1.165, 1.54) is 83.8 Å². The summed E-state index contributed by atoms with van der Waals surface area (Å²) in [5, 5.41) is 3.78. The smallest absolute Gasteiger partial charge is 0.0597 e. The fourth-order valence-electron chi connectivity index (χ4n) is 4.48. The van der Waals surface area contributed by atoms with E-state index < -0.39 is 0 Å². The molecule has 3 fully saturated rings. The molecular formula is C18H34N2O. The van der Waals surface area contributed by atoms with Crippen LogP contribution in [0, 0.1) is 5.92 Å². The number of piperazine rings is 1. The zero-order chi connectivity index (χ0) is 14.3. The fourth-order valence-corrected chi connectivity index (χ4v) is 4.48. The van der Waals surface area contributed by atoms with E-state index in [9.17, 15) is 0 Å². The quantitative estimate of drug-likeness (QED) is 0.843. The number of ether oxygens (including phenoxy) is 1. The highest BCUT2D eigenvalue weighted by molar-refractivity contribution is 4.85. The lowest BCUT2D eigenvalue weighted by molar-refractivity contribution is 0.0106. The Kier molecular flexibility index (Phi) is 6.38. The summed E-state index contributed by atoms with van der Waals surface area (Å²) < 4.78 is 6.10. The van der Waals surface area contributed by atoms with Crippen LogP contribution in [0.1, 0.15) is 64.2 Å². The van der Waals surface area contributed by atoms with Crippen LogP contribution in [0.2, 0.25) is 0 Å². The van der Waals surface area contributed by atoms with Crippen molar-refractivity contribution >= 4 is 0 Å². The van der Waals surface area contributed by atoms with Gasteiger partial charge in [0.25, 0.3) is 0 Å². The highest BCUT2D eigenvalue weighted by atomic mass is 16.5. The molecule has 1 saturated heterocycles. The van der Waals surface area contributed by atoms with Crippen LogP contribution in [0.25, 0.3) is 0 Å². The van der Waals surface area contributed by atoms with Crippen LogP contribution < -0.4 is 5.32 Å². The first-order valence-electron chi connectivity index (χ1n) is 9.49. The predicted octanol–water partition coefficient (Wildman–Crippen LogP) is 3.19. The maximum absolute atomic E-state index is 6.10. The maximum Gasteiger partial charge on any atom is 0.0597 e. The minimum atomic E-state index is 0.566. The largest absolute Gasteiger partial charge is 0.377 e. The standard InChI is InChI=1S/C18H34N2O/c1-3-7-16(8-4-1)18-15-20(12-11-19-18)13-14-21-17-9-5-2-6-10-17/h16-19H,1-15H2. The van der Waals surface area contributed by atoms with Gasteiger partial charge in [-0.15, -0.1) is 0 Å². The second-order valence-electron chi connectivity index (χ2n) is 7.39. The molecule has 0 aromatic carbocycles. The minimum Gasteiger partial charge on any atom is -0.377 e. The van der Waals surface area contributed by atoms with Crippen molar-refractivity contribution in [3.8, 4) is 0 Å². The summed E-state index contributed by atoms with van der Waals surface area (Å²) in [6.45, 7) is 5.71. The average molecular weight is 294 g/mol. The lowest BCUT2D eigenvalue weighted by Gasteiger charge is -2.39. The van der Waals surface area contributed by atoms with Crippen molar-refractivity contribution in [2.24, 2.45) is 5.92 Å². The van der Waals surface area contributed by atoms with Crippen LogP contribution >= 0.6 is 0 Å². The van der Waals surface area contributed by atoms with E-state index in [1.807, 2.05) is 0 Å². The summed E-state index contributed by atoms with van der Waals surface area (Å²) >= 11 is 0. The number of nitrogens with one attached hydrogen (secondary N) is 1. The highest BCUT2D eigenvalue weighted by Gasteiger charge is 2.27. The lowest BCUT2D eigenvalue weighted by Crippen LogP contribution is -2.54. The summed E-state index contributed by atoms with van der Waals surface area (Å²) in [6.07, 6.45) is 14.6. The molecule has 3 heteroatoms. The van der Waals surface area contributed by atoms with E-state index >= 15 is 0 Å². The summed E-state index contributed by atoms with van der Waals surface area (Å²) in [5.74, 6) is 0.931. The van der Waals surface area contributed by atoms with Gasteiger partial charge in [0.2, 0.25) is 0 Å². The van der Waals surface area contributed by atoms with E-state index in [2.05, 4.69) is 10.2 Å². The molecule has 0 spiro atoms. The second kappa shape index (κ2) is 8.50. The van der Waals surface area contributed by atoms with Gasteiger partial charge >= 0.3 is 0 Å². The predicted molar refractivity (Wildman–Crippen MR) is 87.6 cm³/mol. The molecule has 1 heterocycles. The fraction of sp³-hybridized carbons (Fsp3) is 1.00. The Hall–Kier alpha value is -0.120. The third kappa shape index (κ3) is 4.94. The van der Waals surface area contributed by atoms with Crippen molar-refractivity contribution < 1.29 is 4.74 Å². The lowest BCUT2D eigenvalue weighted by atomic mass is 9.83. The second-order valence-corrected chi connectivity index (χ2v) is 7.39. The maximum atomic E-state index is 6.10. The molecule has 2 aliphatic carbocycles. The molecule has 1 N–H and O–H groups in total. The Bertz CT molecular complexity index is 285. The van der Waals surface area contributed by atoms with Crippen molar-refractivity contribution in [3.63, 3.8) is 0 Å². The molecule has 3 aliphatic rings. The van der Waals surface area contributed by atoms with E-state index in [0.29, 0.717) is 6.10 Å². The Labute approximate surface area is 130 Å². The van der Waals surface area contributed by atoms with Crippen LogP contribution in [0.3, 0.4) is 0 Å². The van der Waals surface area contributed by atoms with E-state index in [-0.39, 0.29) is 0 Å². The molecule has 0 aromatic rings. The first-order valence-corrected chi connectivity index (χ1v) is 9.49. The zero-order valence-corrected chi connectivity index (χ0v) is 13.7. The number of hydrogen-bond donors (Lipinski definition) is 1. The first kappa shape index (κ1) is 15.8. The van der Waals surface area contributed by atoms with Gasteiger partial charge < -0.3 is 10.1 Å². The monoisotopic (exact) mass is 294 g/mol. The van der Waals surface area contributed by atoms with Crippen molar-refractivity contribution in [2.75, 3.05) is 32.8 Å². The summed E-state index contributed by atoms with van der Waals surface area (Å²) in [6, 6.07) is 0.744. The number of hydrogen-bond acceptors (Lipinski definition) is 3. The molecule has 21 heavy (non-hydrogen) atoms. The van der Waals surface area contributed by atoms with Gasteiger partial charge in [-0.3, -0.25) is 4.90 Å². The topological polar surface area (TPSA) is 24.5 Å². The molecular weight excluding hydrogens is 260 g/mol. The van der Waals surface area contributed by atoms with E-state index in [4.69, 9.17) is 4.74 Å². The summed E-state index contributed by atoms with van der Waals surface area (Å²) in [7, 11) is 0. The third-order valence-corrected chi connectivity index (χ3v) is 5.82. The van der Waals surface area contributed by atoms with E-state index in [0.717, 1.165) is 25.1 Å². The van der Waals surface area contributed by atoms with Crippen molar-refractivity contribution in [1.82, 2.24) is 10.2 Å². The van der Waals surface area contributed by atoms with Crippen LogP contribution in [-0.2, 0) is 4.74 Å². The van der Waals surface area contributed by atoms with Crippen LogP contribution in [0.5, 0.6) is 0 Å². The Balaban J connectivity index is 1.35. The van der Waals surface area contributed by atoms with Gasteiger partial charge in [-0.25, -0.2) is 0 Å². The molecule has 3 rings (SSSR count). The van der Waals surface area contributed by atoms with Gasteiger partial charge in [0.05, 0.1) is 12.7 Å². The minimum absolute atomic E-state index is 0.566. The number of nitrogens with zero attached hydrogens (tertiary/aromatic N) is 1. The molecule has 0 bridgehead atoms. The molecule has 1 unspecified atom stereocenters. The number of rotatable bonds is 5. The Morgan fingerprint density at radius 3 is 2.38 bits per heavy atom. The van der Waals surface area contributed by atoms with Crippen LogP contribution in [-0.4, -0.2) is 49.8 Å². The highest BCUT2D eigenvalue weighted by Crippen LogP contribution is 2.27. The molecule has 3 nitrogen and oxygen atoms in total. The average Bonchev–Trinajstić information content (AvgIpc) is 2.57. The van der Waals surface area contributed by atoms with Gasteiger partial charge in [-0.2, -0.15) is 0 Å². The molecule has 2 saturated carbocycles.